The van der Waals surface area contributed by atoms with E-state index < -0.39 is 5.54 Å². The summed E-state index contributed by atoms with van der Waals surface area (Å²) >= 11 is 0. The van der Waals surface area contributed by atoms with E-state index in [1.54, 1.807) is 24.8 Å². The number of furan rings is 1. The molecule has 0 atom stereocenters. The van der Waals surface area contributed by atoms with Gasteiger partial charge in [-0.2, -0.15) is 0 Å². The molecule has 1 aliphatic heterocycles. The van der Waals surface area contributed by atoms with Crippen molar-refractivity contribution in [2.45, 2.75) is 77.2 Å². The van der Waals surface area contributed by atoms with E-state index in [1.807, 2.05) is 0 Å². The zero-order valence-electron chi connectivity index (χ0n) is 19.0. The Morgan fingerprint density at radius 1 is 1.19 bits per heavy atom. The molecule has 3 heterocycles. The standard InChI is InChI=1S/C24H31N3O4/c1-23(2,3)16-12-17(14-6-8-15(28)9-7-14)26-18-13-19(31-20(16)18)21(29)27-11-10-25-22(30)24(27,4)5/h12-14H,6-11H2,1-5H3,(H,25,30). The van der Waals surface area contributed by atoms with Crippen LogP contribution in [0.4, 0.5) is 0 Å². The molecule has 2 aromatic heterocycles. The molecule has 0 aromatic carbocycles. The number of nitrogens with zero attached hydrogens (tertiary/aromatic N) is 2. The second-order valence-corrected chi connectivity index (χ2v) is 10.3. The molecule has 1 saturated heterocycles. The number of nitrogens with one attached hydrogen (secondary N) is 1. The van der Waals surface area contributed by atoms with Crippen molar-refractivity contribution in [3.05, 3.63) is 29.2 Å². The number of aromatic nitrogens is 1. The Kier molecular flexibility index (Phi) is 5.18. The predicted octanol–water partition coefficient (Wildman–Crippen LogP) is 3.70. The Balaban J connectivity index is 1.76. The lowest BCUT2D eigenvalue weighted by Gasteiger charge is -2.40. The van der Waals surface area contributed by atoms with Crippen LogP contribution in [0.1, 0.15) is 88.0 Å². The van der Waals surface area contributed by atoms with Gasteiger partial charge in [0.15, 0.2) is 11.3 Å². The highest BCUT2D eigenvalue weighted by molar-refractivity contribution is 6.00. The summed E-state index contributed by atoms with van der Waals surface area (Å²) in [6.45, 7) is 10.7. The van der Waals surface area contributed by atoms with Crippen LogP contribution in [0.15, 0.2) is 16.5 Å². The summed E-state index contributed by atoms with van der Waals surface area (Å²) in [5, 5.41) is 2.81. The number of amides is 2. The van der Waals surface area contributed by atoms with Crippen molar-refractivity contribution >= 4 is 28.7 Å². The average molecular weight is 426 g/mol. The zero-order valence-corrected chi connectivity index (χ0v) is 19.0. The Labute approximate surface area is 182 Å². The van der Waals surface area contributed by atoms with Gasteiger partial charge >= 0.3 is 0 Å². The van der Waals surface area contributed by atoms with Gasteiger partial charge in [-0.1, -0.05) is 20.8 Å². The van der Waals surface area contributed by atoms with Gasteiger partial charge in [0.1, 0.15) is 16.8 Å². The first-order valence-electron chi connectivity index (χ1n) is 11.1. The third-order valence-corrected chi connectivity index (χ3v) is 6.58. The Bertz CT molecular complexity index is 1050. The summed E-state index contributed by atoms with van der Waals surface area (Å²) in [5.41, 5.74) is 2.08. The van der Waals surface area contributed by atoms with Crippen LogP contribution in [0.5, 0.6) is 0 Å². The fourth-order valence-electron chi connectivity index (χ4n) is 4.54. The van der Waals surface area contributed by atoms with E-state index in [0.717, 1.165) is 24.1 Å². The summed E-state index contributed by atoms with van der Waals surface area (Å²) in [5.74, 6) is 0.278. The highest BCUT2D eigenvalue weighted by atomic mass is 16.3. The molecule has 166 valence electrons. The van der Waals surface area contributed by atoms with Crippen molar-refractivity contribution in [2.75, 3.05) is 13.1 Å². The first kappa shape index (κ1) is 21.5. The van der Waals surface area contributed by atoms with Gasteiger partial charge in [0, 0.05) is 49.2 Å². The van der Waals surface area contributed by atoms with Crippen LogP contribution < -0.4 is 5.32 Å². The fraction of sp³-hybridized carbons (Fsp3) is 0.583. The molecule has 1 N–H and O–H groups in total. The summed E-state index contributed by atoms with van der Waals surface area (Å²) < 4.78 is 6.09. The monoisotopic (exact) mass is 425 g/mol. The summed E-state index contributed by atoms with van der Waals surface area (Å²) in [7, 11) is 0. The van der Waals surface area contributed by atoms with Crippen LogP contribution in [0, 0.1) is 0 Å². The molecular weight excluding hydrogens is 394 g/mol. The molecule has 2 aromatic rings. The number of carbonyl (C=O) groups is 3. The summed E-state index contributed by atoms with van der Waals surface area (Å²) in [4.78, 5) is 43.7. The van der Waals surface area contributed by atoms with Crippen molar-refractivity contribution in [3.8, 4) is 0 Å². The van der Waals surface area contributed by atoms with E-state index in [1.165, 1.54) is 0 Å². The number of Topliss-reactive ketones (excluding diaryl/α,β-unsaturated/α-hetero) is 1. The molecule has 7 heteroatoms. The number of hydrogen-bond donors (Lipinski definition) is 1. The number of carbonyl (C=O) groups excluding carboxylic acids is 3. The molecule has 0 bridgehead atoms. The minimum Gasteiger partial charge on any atom is -0.449 e. The normalized spacial score (nSPS) is 20.2. The van der Waals surface area contributed by atoms with Crippen molar-refractivity contribution in [3.63, 3.8) is 0 Å². The first-order chi connectivity index (χ1) is 14.5. The highest BCUT2D eigenvalue weighted by Gasteiger charge is 2.42. The predicted molar refractivity (Wildman–Crippen MR) is 117 cm³/mol. The molecule has 0 spiro atoms. The summed E-state index contributed by atoms with van der Waals surface area (Å²) in [6, 6.07) is 3.78. The topological polar surface area (TPSA) is 92.5 Å². The van der Waals surface area contributed by atoms with Crippen molar-refractivity contribution < 1.29 is 18.8 Å². The molecule has 31 heavy (non-hydrogen) atoms. The van der Waals surface area contributed by atoms with E-state index in [0.29, 0.717) is 42.8 Å². The highest BCUT2D eigenvalue weighted by Crippen LogP contribution is 2.37. The van der Waals surface area contributed by atoms with Gasteiger partial charge in [-0.3, -0.25) is 14.4 Å². The maximum absolute atomic E-state index is 13.3. The minimum absolute atomic E-state index is 0.175. The second-order valence-electron chi connectivity index (χ2n) is 10.3. The van der Waals surface area contributed by atoms with E-state index in [-0.39, 0.29) is 28.9 Å². The molecule has 2 fully saturated rings. The molecule has 0 radical (unpaired) electrons. The van der Waals surface area contributed by atoms with Gasteiger partial charge < -0.3 is 14.6 Å². The molecule has 1 saturated carbocycles. The third-order valence-electron chi connectivity index (χ3n) is 6.58. The van der Waals surface area contributed by atoms with Crippen LogP contribution in [-0.4, -0.2) is 46.1 Å². The van der Waals surface area contributed by atoms with Gasteiger partial charge in [-0.05, 0) is 38.2 Å². The van der Waals surface area contributed by atoms with E-state index in [9.17, 15) is 14.4 Å². The van der Waals surface area contributed by atoms with Crippen molar-refractivity contribution in [2.24, 2.45) is 0 Å². The molecule has 4 rings (SSSR count). The Morgan fingerprint density at radius 3 is 2.52 bits per heavy atom. The number of rotatable bonds is 2. The van der Waals surface area contributed by atoms with Gasteiger partial charge in [0.2, 0.25) is 5.91 Å². The minimum atomic E-state index is -0.950. The Hall–Kier alpha value is -2.70. The quantitative estimate of drug-likeness (QED) is 0.792. The third kappa shape index (κ3) is 3.86. The maximum atomic E-state index is 13.3. The van der Waals surface area contributed by atoms with Crippen molar-refractivity contribution in [1.29, 1.82) is 0 Å². The Morgan fingerprint density at radius 2 is 1.87 bits per heavy atom. The lowest BCUT2D eigenvalue weighted by Crippen LogP contribution is -2.63. The molecule has 2 amide bonds. The molecular formula is C24H31N3O4. The van der Waals surface area contributed by atoms with Crippen molar-refractivity contribution in [1.82, 2.24) is 15.2 Å². The van der Waals surface area contributed by atoms with Crippen LogP contribution in [0.2, 0.25) is 0 Å². The number of pyridine rings is 1. The van der Waals surface area contributed by atoms with E-state index in [2.05, 4.69) is 32.2 Å². The largest absolute Gasteiger partial charge is 0.449 e. The molecule has 7 nitrogen and oxygen atoms in total. The van der Waals surface area contributed by atoms with Gasteiger partial charge in [0.25, 0.3) is 5.91 Å². The first-order valence-corrected chi connectivity index (χ1v) is 11.1. The van der Waals surface area contributed by atoms with Gasteiger partial charge in [-0.15, -0.1) is 0 Å². The maximum Gasteiger partial charge on any atom is 0.290 e. The van der Waals surface area contributed by atoms with E-state index >= 15 is 0 Å². The molecule has 1 aliphatic carbocycles. The smallest absolute Gasteiger partial charge is 0.290 e. The number of piperazine rings is 1. The van der Waals surface area contributed by atoms with Crippen LogP contribution in [-0.2, 0) is 15.0 Å². The number of ketones is 1. The zero-order chi connectivity index (χ0) is 22.6. The fourth-order valence-corrected chi connectivity index (χ4v) is 4.54. The summed E-state index contributed by atoms with van der Waals surface area (Å²) in [6.07, 6.45) is 2.80. The van der Waals surface area contributed by atoms with Gasteiger partial charge in [0.05, 0.1) is 0 Å². The molecule has 2 aliphatic rings. The number of hydrogen-bond acceptors (Lipinski definition) is 5. The van der Waals surface area contributed by atoms with Crippen LogP contribution in [0.3, 0.4) is 0 Å². The van der Waals surface area contributed by atoms with Crippen LogP contribution >= 0.6 is 0 Å². The number of fused-ring (bicyclic) bond motifs is 1. The molecule has 0 unspecified atom stereocenters. The lowest BCUT2D eigenvalue weighted by molar-refractivity contribution is -0.133. The lowest BCUT2D eigenvalue weighted by atomic mass is 9.82. The average Bonchev–Trinajstić information content (AvgIpc) is 3.12. The second kappa shape index (κ2) is 7.46. The SMILES string of the molecule is CC(C)(C)c1cc(C2CCC(=O)CC2)nc2cc(C(=O)N3CCNC(=O)C3(C)C)oc12. The van der Waals surface area contributed by atoms with Crippen LogP contribution in [0.25, 0.3) is 11.1 Å². The van der Waals surface area contributed by atoms with Gasteiger partial charge in [-0.25, -0.2) is 4.98 Å². The van der Waals surface area contributed by atoms with E-state index in [4.69, 9.17) is 9.40 Å².